The van der Waals surface area contributed by atoms with Gasteiger partial charge >= 0.3 is 6.03 Å². The third-order valence-corrected chi connectivity index (χ3v) is 10.8. The number of imide groups is 1. The van der Waals surface area contributed by atoms with Crippen molar-refractivity contribution in [1.29, 1.82) is 0 Å². The standard InChI is InChI=1S/C37H45N7O4/c38-29-7-5-26(6-8-29)27-12-17-43(18-13-27)37(48)39-30-14-19-42(20-15-30)31-23-41(24-31)16-2-1-3-25-4-9-32-28(21-25)22-44(36(32)47)33-10-11-34(45)40-35(33)46/h4-9,21,27,30-31,33H,2,10-20,22-24,38H2,(H,39,48)(H,40,45,46). The van der Waals surface area contributed by atoms with E-state index in [9.17, 15) is 19.2 Å². The lowest BCUT2D eigenvalue weighted by Crippen LogP contribution is -2.62. The fourth-order valence-electron chi connectivity index (χ4n) is 7.85. The number of likely N-dealkylation sites (tertiary alicyclic amines) is 3. The van der Waals surface area contributed by atoms with E-state index in [1.807, 2.05) is 29.2 Å². The molecule has 4 saturated heterocycles. The van der Waals surface area contributed by atoms with Crippen LogP contribution < -0.4 is 16.4 Å². The van der Waals surface area contributed by atoms with Crippen LogP contribution in [0.5, 0.6) is 0 Å². The highest BCUT2D eigenvalue weighted by Gasteiger charge is 2.39. The lowest BCUT2D eigenvalue weighted by Gasteiger charge is -2.47. The molecule has 1 atom stereocenters. The lowest BCUT2D eigenvalue weighted by atomic mass is 9.89. The predicted octanol–water partition coefficient (Wildman–Crippen LogP) is 2.51. The molecule has 7 rings (SSSR count). The molecule has 11 heteroatoms. The smallest absolute Gasteiger partial charge is 0.317 e. The molecule has 4 fully saturated rings. The number of urea groups is 1. The normalized spacial score (nSPS) is 22.9. The van der Waals surface area contributed by atoms with Gasteiger partial charge in [-0.1, -0.05) is 24.0 Å². The molecule has 4 N–H and O–H groups in total. The molecule has 5 amide bonds. The van der Waals surface area contributed by atoms with Crippen LogP contribution in [0.2, 0.25) is 0 Å². The average Bonchev–Trinajstić information content (AvgIpc) is 3.39. The fraction of sp³-hybridized carbons (Fsp3) is 0.514. The zero-order chi connectivity index (χ0) is 33.2. The molecule has 48 heavy (non-hydrogen) atoms. The van der Waals surface area contributed by atoms with Crippen molar-refractivity contribution in [2.75, 3.05) is 51.5 Å². The predicted molar refractivity (Wildman–Crippen MR) is 182 cm³/mol. The third-order valence-electron chi connectivity index (χ3n) is 10.8. The van der Waals surface area contributed by atoms with Crippen LogP contribution in [0.15, 0.2) is 42.5 Å². The molecule has 5 aliphatic rings. The van der Waals surface area contributed by atoms with Gasteiger partial charge in [0.15, 0.2) is 0 Å². The van der Waals surface area contributed by atoms with Gasteiger partial charge in [0.25, 0.3) is 5.91 Å². The van der Waals surface area contributed by atoms with Crippen LogP contribution >= 0.6 is 0 Å². The van der Waals surface area contributed by atoms with E-state index in [4.69, 9.17) is 5.73 Å². The maximum Gasteiger partial charge on any atom is 0.317 e. The summed E-state index contributed by atoms with van der Waals surface area (Å²) in [7, 11) is 0. The number of piperidine rings is 3. The number of fused-ring (bicyclic) bond motifs is 1. The minimum absolute atomic E-state index is 0.0858. The summed E-state index contributed by atoms with van der Waals surface area (Å²) < 4.78 is 0. The Morgan fingerprint density at radius 1 is 0.938 bits per heavy atom. The number of nitrogens with one attached hydrogen (secondary N) is 2. The minimum atomic E-state index is -0.606. The second kappa shape index (κ2) is 14.0. The molecule has 0 spiro atoms. The van der Waals surface area contributed by atoms with E-state index in [0.29, 0.717) is 30.5 Å². The average molecular weight is 652 g/mol. The zero-order valence-electron chi connectivity index (χ0n) is 27.5. The van der Waals surface area contributed by atoms with Gasteiger partial charge in [0, 0.05) is 94.1 Å². The van der Waals surface area contributed by atoms with E-state index >= 15 is 0 Å². The van der Waals surface area contributed by atoms with E-state index < -0.39 is 11.9 Å². The summed E-state index contributed by atoms with van der Waals surface area (Å²) in [6, 6.07) is 14.1. The van der Waals surface area contributed by atoms with Gasteiger partial charge in [0.2, 0.25) is 11.8 Å². The Labute approximate surface area is 282 Å². The Bertz CT molecular complexity index is 1610. The number of carbonyl (C=O) groups is 4. The van der Waals surface area contributed by atoms with E-state index in [-0.39, 0.29) is 30.3 Å². The second-order valence-electron chi connectivity index (χ2n) is 13.9. The second-order valence-corrected chi connectivity index (χ2v) is 13.9. The Morgan fingerprint density at radius 2 is 1.69 bits per heavy atom. The largest absolute Gasteiger partial charge is 0.399 e. The summed E-state index contributed by atoms with van der Waals surface area (Å²) >= 11 is 0. The molecule has 2 aromatic rings. The molecule has 2 aromatic carbocycles. The number of nitrogen functional groups attached to an aromatic ring is 1. The van der Waals surface area contributed by atoms with Crippen molar-refractivity contribution in [1.82, 2.24) is 30.2 Å². The molecule has 0 bridgehead atoms. The van der Waals surface area contributed by atoms with Gasteiger partial charge in [0.1, 0.15) is 6.04 Å². The van der Waals surface area contributed by atoms with Crippen molar-refractivity contribution in [2.24, 2.45) is 0 Å². The molecule has 0 aromatic heterocycles. The maximum atomic E-state index is 13.0. The van der Waals surface area contributed by atoms with Crippen LogP contribution in [-0.4, -0.2) is 107 Å². The number of nitrogens with two attached hydrogens (primary N) is 1. The van der Waals surface area contributed by atoms with Crippen molar-refractivity contribution in [3.05, 3.63) is 64.7 Å². The van der Waals surface area contributed by atoms with E-state index in [2.05, 4.69) is 44.4 Å². The van der Waals surface area contributed by atoms with Gasteiger partial charge in [-0.2, -0.15) is 0 Å². The van der Waals surface area contributed by atoms with Crippen molar-refractivity contribution < 1.29 is 19.2 Å². The minimum Gasteiger partial charge on any atom is -0.399 e. The summed E-state index contributed by atoms with van der Waals surface area (Å²) in [6.45, 7) is 7.02. The van der Waals surface area contributed by atoms with Gasteiger partial charge in [0.05, 0.1) is 0 Å². The van der Waals surface area contributed by atoms with Crippen molar-refractivity contribution in [3.63, 3.8) is 0 Å². The molecular formula is C37H45N7O4. The summed E-state index contributed by atoms with van der Waals surface area (Å²) in [4.78, 5) is 58.3. The first-order chi connectivity index (χ1) is 23.3. The monoisotopic (exact) mass is 651 g/mol. The van der Waals surface area contributed by atoms with Gasteiger partial charge < -0.3 is 20.9 Å². The number of nitrogens with zero attached hydrogens (tertiary/aromatic N) is 4. The van der Waals surface area contributed by atoms with Crippen LogP contribution in [0.3, 0.4) is 0 Å². The summed E-state index contributed by atoms with van der Waals surface area (Å²) in [6.07, 6.45) is 5.34. The number of amides is 5. The van der Waals surface area contributed by atoms with Crippen LogP contribution in [-0.2, 0) is 16.1 Å². The van der Waals surface area contributed by atoms with E-state index in [1.54, 1.807) is 11.0 Å². The zero-order valence-corrected chi connectivity index (χ0v) is 27.5. The van der Waals surface area contributed by atoms with E-state index in [0.717, 1.165) is 94.7 Å². The van der Waals surface area contributed by atoms with Crippen molar-refractivity contribution in [2.45, 2.75) is 75.5 Å². The Balaban J connectivity index is 0.787. The highest BCUT2D eigenvalue weighted by molar-refractivity contribution is 6.05. The van der Waals surface area contributed by atoms with Crippen LogP contribution in [0.4, 0.5) is 10.5 Å². The van der Waals surface area contributed by atoms with Gasteiger partial charge in [-0.15, -0.1) is 0 Å². The van der Waals surface area contributed by atoms with Crippen LogP contribution in [0.25, 0.3) is 0 Å². The Kier molecular flexibility index (Phi) is 9.37. The van der Waals surface area contributed by atoms with Crippen molar-refractivity contribution >= 4 is 29.4 Å². The summed E-state index contributed by atoms with van der Waals surface area (Å²) in [5, 5.41) is 5.66. The first-order valence-electron chi connectivity index (χ1n) is 17.4. The van der Waals surface area contributed by atoms with Gasteiger partial charge in [-0.3, -0.25) is 29.5 Å². The van der Waals surface area contributed by atoms with Gasteiger partial charge in [-0.05, 0) is 79.5 Å². The molecule has 5 aliphatic heterocycles. The number of carbonyl (C=O) groups excluding carboxylic acids is 4. The number of hydrogen-bond donors (Lipinski definition) is 3. The SMILES string of the molecule is Nc1ccc(C2CCN(C(=O)NC3CCN(C4CN(CCC#Cc5ccc6c(c5)CN(C5CCC(=O)NC5=O)C6=O)C4)CC3)CC2)cc1. The first-order valence-corrected chi connectivity index (χ1v) is 17.4. The van der Waals surface area contributed by atoms with Gasteiger partial charge in [-0.25, -0.2) is 4.79 Å². The molecule has 1 unspecified atom stereocenters. The molecule has 0 radical (unpaired) electrons. The first kappa shape index (κ1) is 32.2. The Morgan fingerprint density at radius 3 is 2.42 bits per heavy atom. The highest BCUT2D eigenvalue weighted by Crippen LogP contribution is 2.30. The molecule has 11 nitrogen and oxygen atoms in total. The molecular weight excluding hydrogens is 606 g/mol. The number of rotatable bonds is 6. The molecule has 0 saturated carbocycles. The topological polar surface area (TPSA) is 131 Å². The fourth-order valence-corrected chi connectivity index (χ4v) is 7.85. The maximum absolute atomic E-state index is 13.0. The number of anilines is 1. The lowest BCUT2D eigenvalue weighted by molar-refractivity contribution is -0.136. The highest BCUT2D eigenvalue weighted by atomic mass is 16.2. The Hall–Kier alpha value is -4.40. The number of hydrogen-bond acceptors (Lipinski definition) is 7. The third kappa shape index (κ3) is 7.05. The number of benzene rings is 2. The quantitative estimate of drug-likeness (QED) is 0.249. The van der Waals surface area contributed by atoms with E-state index in [1.165, 1.54) is 5.56 Å². The molecule has 252 valence electrons. The molecule has 5 heterocycles. The molecule has 0 aliphatic carbocycles. The summed E-state index contributed by atoms with van der Waals surface area (Å²) in [5.41, 5.74) is 10.3. The van der Waals surface area contributed by atoms with Crippen LogP contribution in [0, 0.1) is 11.8 Å². The van der Waals surface area contributed by atoms with Crippen molar-refractivity contribution in [3.8, 4) is 11.8 Å². The summed E-state index contributed by atoms with van der Waals surface area (Å²) in [5.74, 6) is 6.19. The van der Waals surface area contributed by atoms with Crippen LogP contribution in [0.1, 0.15) is 77.9 Å².